The van der Waals surface area contributed by atoms with Crippen LogP contribution in [0.1, 0.15) is 16.2 Å². The number of hydrogen-bond acceptors (Lipinski definition) is 8. The molecule has 0 fully saturated rings. The minimum Gasteiger partial charge on any atom is -0.383 e. The fourth-order valence-electron chi connectivity index (χ4n) is 3.28. The fourth-order valence-corrected chi connectivity index (χ4v) is 3.28. The molecule has 0 spiro atoms. The van der Waals surface area contributed by atoms with Gasteiger partial charge in [0.05, 0.1) is 47.4 Å². The quantitative estimate of drug-likeness (QED) is 0.151. The number of aromatic nitrogens is 8. The molecule has 0 aliphatic rings. The Labute approximate surface area is 235 Å². The van der Waals surface area contributed by atoms with Crippen LogP contribution in [0.5, 0.6) is 0 Å². The van der Waals surface area contributed by atoms with E-state index in [1.54, 1.807) is 54.0 Å². The topological polar surface area (TPSA) is 108 Å². The van der Waals surface area contributed by atoms with Gasteiger partial charge in [-0.15, -0.1) is 0 Å². The van der Waals surface area contributed by atoms with Gasteiger partial charge in [-0.2, -0.15) is 32.1 Å². The Bertz CT molecular complexity index is 1650. The molecule has 0 bridgehead atoms. The molecule has 15 heteroatoms. The normalized spacial score (nSPS) is 11.7. The van der Waals surface area contributed by atoms with Gasteiger partial charge in [0.25, 0.3) is 0 Å². The van der Waals surface area contributed by atoms with Gasteiger partial charge in [0.2, 0.25) is 5.82 Å². The molecule has 0 unspecified atom stereocenters. The number of carbonyl (C=O) groups excluding carboxylic acids is 1. The second-order valence-corrected chi connectivity index (χ2v) is 8.75. The molecule has 5 rings (SSSR count). The van der Waals surface area contributed by atoms with Gasteiger partial charge >= 0.3 is 12.1 Å². The lowest BCUT2D eigenvalue weighted by Gasteiger charge is -2.17. The number of alkyl halides is 5. The predicted molar refractivity (Wildman–Crippen MR) is 141 cm³/mol. The summed E-state index contributed by atoms with van der Waals surface area (Å²) in [5.41, 5.74) is 2.14. The minimum absolute atomic E-state index is 0.0705. The van der Waals surface area contributed by atoms with E-state index in [1.165, 1.54) is 35.4 Å². The standard InChI is InChI=1S/C14H8F5N5.C13H14N4O/c15-13(16,14(17,18)19)12-21-5-3-11(23-12)9-6-22-24(8-9)10-2-1-4-20-7-10;1-16(2)7-5-13(18)11-8-15-17(10-11)12-4-3-6-14-9-12/h1-8H;3-10H,1-2H3/b;7-5+. The highest BCUT2D eigenvalue weighted by molar-refractivity contribution is 6.04. The van der Waals surface area contributed by atoms with Gasteiger partial charge in [0, 0.05) is 62.9 Å². The average molecular weight is 584 g/mol. The largest absolute Gasteiger partial charge is 0.461 e. The van der Waals surface area contributed by atoms with Crippen LogP contribution in [0.4, 0.5) is 22.0 Å². The molecular formula is C27H22F5N9O. The minimum atomic E-state index is -5.77. The molecule has 0 radical (unpaired) electrons. The Hall–Kier alpha value is -5.34. The van der Waals surface area contributed by atoms with Gasteiger partial charge in [-0.25, -0.2) is 19.3 Å². The number of allylic oxidation sites excluding steroid dienone is 1. The zero-order chi connectivity index (χ0) is 30.3. The predicted octanol–water partition coefficient (Wildman–Crippen LogP) is 4.90. The van der Waals surface area contributed by atoms with Gasteiger partial charge in [-0.3, -0.25) is 14.8 Å². The molecule has 0 aromatic carbocycles. The fraction of sp³-hybridized carbons (Fsp3) is 0.148. The van der Waals surface area contributed by atoms with E-state index in [0.29, 0.717) is 11.3 Å². The zero-order valence-corrected chi connectivity index (χ0v) is 22.1. The molecule has 5 aromatic heterocycles. The maximum Gasteiger partial charge on any atom is 0.461 e. The Morgan fingerprint density at radius 1 is 0.833 bits per heavy atom. The monoisotopic (exact) mass is 583 g/mol. The van der Waals surface area contributed by atoms with Crippen LogP contribution in [0.15, 0.2) is 98.4 Å². The van der Waals surface area contributed by atoms with E-state index in [4.69, 9.17) is 0 Å². The number of rotatable bonds is 7. The van der Waals surface area contributed by atoms with E-state index in [1.807, 2.05) is 31.1 Å². The number of pyridine rings is 2. The molecular weight excluding hydrogens is 561 g/mol. The molecule has 0 saturated heterocycles. The third-order valence-corrected chi connectivity index (χ3v) is 5.38. The molecule has 0 N–H and O–H groups in total. The van der Waals surface area contributed by atoms with E-state index < -0.39 is 17.9 Å². The zero-order valence-electron chi connectivity index (χ0n) is 22.1. The van der Waals surface area contributed by atoms with Crippen LogP contribution in [0.3, 0.4) is 0 Å². The lowest BCUT2D eigenvalue weighted by Crippen LogP contribution is -2.35. The first kappa shape index (κ1) is 29.6. The second kappa shape index (κ2) is 12.4. The van der Waals surface area contributed by atoms with Gasteiger partial charge in [0.1, 0.15) is 0 Å². The summed E-state index contributed by atoms with van der Waals surface area (Å²) < 4.78 is 67.0. The molecule has 0 aliphatic carbocycles. The summed E-state index contributed by atoms with van der Waals surface area (Å²) in [7, 11) is 3.73. The van der Waals surface area contributed by atoms with E-state index in [2.05, 4.69) is 30.1 Å². The molecule has 5 aromatic rings. The highest BCUT2D eigenvalue weighted by Crippen LogP contribution is 2.42. The summed E-state index contributed by atoms with van der Waals surface area (Å²) in [6, 6.07) is 8.30. The number of hydrogen-bond donors (Lipinski definition) is 0. The van der Waals surface area contributed by atoms with E-state index >= 15 is 0 Å². The first-order valence-electron chi connectivity index (χ1n) is 12.0. The van der Waals surface area contributed by atoms with Gasteiger partial charge in [0.15, 0.2) is 5.78 Å². The molecule has 5 heterocycles. The molecule has 0 amide bonds. The van der Waals surface area contributed by atoms with Crippen LogP contribution in [-0.2, 0) is 5.92 Å². The van der Waals surface area contributed by atoms with E-state index in [9.17, 15) is 26.7 Å². The summed E-state index contributed by atoms with van der Waals surface area (Å²) in [4.78, 5) is 27.9. The Kier molecular flexibility index (Phi) is 8.79. The Morgan fingerprint density at radius 3 is 2.02 bits per heavy atom. The van der Waals surface area contributed by atoms with Crippen LogP contribution in [0.25, 0.3) is 22.6 Å². The van der Waals surface area contributed by atoms with Crippen molar-refractivity contribution >= 4 is 5.78 Å². The van der Waals surface area contributed by atoms with Crippen molar-refractivity contribution in [3.05, 3.63) is 110 Å². The van der Waals surface area contributed by atoms with Crippen molar-refractivity contribution in [2.75, 3.05) is 14.1 Å². The first-order chi connectivity index (χ1) is 20.0. The summed E-state index contributed by atoms with van der Waals surface area (Å²) in [5.74, 6) is -6.82. The van der Waals surface area contributed by atoms with Crippen molar-refractivity contribution in [3.8, 4) is 22.6 Å². The summed E-state index contributed by atoms with van der Waals surface area (Å²) in [6.07, 6.45) is 10.7. The molecule has 42 heavy (non-hydrogen) atoms. The van der Waals surface area contributed by atoms with Crippen molar-refractivity contribution < 1.29 is 26.7 Å². The SMILES string of the molecule is CN(C)/C=C/C(=O)c1cnn(-c2cccnc2)c1.FC(F)(F)C(F)(F)c1nccc(-c2cnn(-c3cccnc3)c2)n1. The van der Waals surface area contributed by atoms with Crippen LogP contribution in [0, 0.1) is 0 Å². The third-order valence-electron chi connectivity index (χ3n) is 5.38. The summed E-state index contributed by atoms with van der Waals surface area (Å²) in [5, 5.41) is 8.15. The van der Waals surface area contributed by atoms with E-state index in [-0.39, 0.29) is 17.0 Å². The Morgan fingerprint density at radius 2 is 1.45 bits per heavy atom. The van der Waals surface area contributed by atoms with Crippen molar-refractivity contribution in [1.82, 2.24) is 44.4 Å². The van der Waals surface area contributed by atoms with Crippen molar-refractivity contribution in [3.63, 3.8) is 0 Å². The van der Waals surface area contributed by atoms with Gasteiger partial charge in [-0.1, -0.05) is 0 Å². The van der Waals surface area contributed by atoms with Crippen molar-refractivity contribution in [2.24, 2.45) is 0 Å². The second-order valence-electron chi connectivity index (χ2n) is 8.75. The van der Waals surface area contributed by atoms with E-state index in [0.717, 1.165) is 11.9 Å². The number of halogens is 5. The van der Waals surface area contributed by atoms with Crippen LogP contribution in [0.2, 0.25) is 0 Å². The molecule has 10 nitrogen and oxygen atoms in total. The highest BCUT2D eigenvalue weighted by Gasteiger charge is 2.61. The third kappa shape index (κ3) is 7.04. The van der Waals surface area contributed by atoms with Crippen LogP contribution >= 0.6 is 0 Å². The Balaban J connectivity index is 0.000000201. The van der Waals surface area contributed by atoms with Crippen LogP contribution in [-0.4, -0.2) is 70.5 Å². The highest BCUT2D eigenvalue weighted by atomic mass is 19.4. The number of ketones is 1. The molecule has 0 saturated carbocycles. The van der Waals surface area contributed by atoms with Crippen LogP contribution < -0.4 is 0 Å². The molecule has 0 aliphatic heterocycles. The summed E-state index contributed by atoms with van der Waals surface area (Å²) in [6.45, 7) is 0. The maximum absolute atomic E-state index is 13.3. The maximum atomic E-state index is 13.3. The van der Waals surface area contributed by atoms with Gasteiger partial charge in [-0.05, 0) is 30.3 Å². The van der Waals surface area contributed by atoms with Crippen molar-refractivity contribution in [2.45, 2.75) is 12.1 Å². The average Bonchev–Trinajstić information content (AvgIpc) is 3.68. The summed E-state index contributed by atoms with van der Waals surface area (Å²) >= 11 is 0. The molecule has 216 valence electrons. The number of carbonyl (C=O) groups is 1. The first-order valence-corrected chi connectivity index (χ1v) is 12.0. The lowest BCUT2D eigenvalue weighted by atomic mass is 10.2. The molecule has 0 atom stereocenters. The lowest BCUT2D eigenvalue weighted by molar-refractivity contribution is -0.292. The number of nitrogens with zero attached hydrogens (tertiary/aromatic N) is 9. The smallest absolute Gasteiger partial charge is 0.383 e. The van der Waals surface area contributed by atoms with Crippen molar-refractivity contribution in [1.29, 1.82) is 0 Å². The van der Waals surface area contributed by atoms with Gasteiger partial charge < -0.3 is 4.90 Å².